The van der Waals surface area contributed by atoms with E-state index in [-0.39, 0.29) is 0 Å². The van der Waals surface area contributed by atoms with Crippen LogP contribution in [0.4, 0.5) is 0 Å². The molecule has 1 heterocycles. The van der Waals surface area contributed by atoms with Crippen molar-refractivity contribution in [3.05, 3.63) is 0 Å². The highest BCUT2D eigenvalue weighted by atomic mass is 31.0. The zero-order valence-electron chi connectivity index (χ0n) is 5.29. The van der Waals surface area contributed by atoms with E-state index < -0.39 is 0 Å². The van der Waals surface area contributed by atoms with Crippen molar-refractivity contribution in [1.29, 1.82) is 0 Å². The molecule has 0 aliphatic carbocycles. The normalized spacial score (nSPS) is 20.8. The molecule has 0 aromatic rings. The maximum atomic E-state index is 10.2. The first-order valence-electron chi connectivity index (χ1n) is 2.98. The lowest BCUT2D eigenvalue weighted by Gasteiger charge is -2.10. The molecule has 0 bridgehead atoms. The van der Waals surface area contributed by atoms with E-state index in [9.17, 15) is 4.79 Å². The Kier molecular flexibility index (Phi) is 2.43. The summed E-state index contributed by atoms with van der Waals surface area (Å²) in [6.45, 7) is 2.70. The molecule has 0 saturated carbocycles. The molecule has 0 aromatic heterocycles. The van der Waals surface area contributed by atoms with Crippen LogP contribution in [0.3, 0.4) is 0 Å². The number of rotatable bonds is 2. The van der Waals surface area contributed by atoms with Gasteiger partial charge in [-0.15, -0.1) is 9.24 Å². The molecular weight excluding hydrogens is 135 g/mol. The van der Waals surface area contributed by atoms with Crippen LogP contribution in [0, 0.1) is 0 Å². The summed E-state index contributed by atoms with van der Waals surface area (Å²) in [7, 11) is 2.64. The van der Waals surface area contributed by atoms with E-state index in [0.717, 1.165) is 32.5 Å². The second-order valence-corrected chi connectivity index (χ2v) is 2.50. The number of hydrogen-bond acceptors (Lipinski definition) is 2. The SMILES string of the molecule is O=CN1CCN(CP)C1. The zero-order chi connectivity index (χ0) is 6.69. The van der Waals surface area contributed by atoms with Crippen LogP contribution in [-0.4, -0.2) is 42.3 Å². The first-order valence-corrected chi connectivity index (χ1v) is 3.80. The third-order valence-electron chi connectivity index (χ3n) is 1.49. The van der Waals surface area contributed by atoms with E-state index in [1.807, 2.05) is 0 Å². The molecule has 1 amide bonds. The van der Waals surface area contributed by atoms with Gasteiger partial charge in [0.25, 0.3) is 0 Å². The Morgan fingerprint density at radius 1 is 1.56 bits per heavy atom. The largest absolute Gasteiger partial charge is 0.331 e. The fourth-order valence-electron chi connectivity index (χ4n) is 0.903. The van der Waals surface area contributed by atoms with Gasteiger partial charge >= 0.3 is 0 Å². The predicted octanol–water partition coefficient (Wildman–Crippen LogP) is -0.450. The third kappa shape index (κ3) is 1.63. The van der Waals surface area contributed by atoms with Crippen molar-refractivity contribution < 1.29 is 4.79 Å². The molecule has 52 valence electrons. The quantitative estimate of drug-likeness (QED) is 0.389. The summed E-state index contributed by atoms with van der Waals surface area (Å²) < 4.78 is 0. The van der Waals surface area contributed by atoms with Crippen LogP contribution in [0.5, 0.6) is 0 Å². The van der Waals surface area contributed by atoms with Gasteiger partial charge in [0.05, 0.1) is 6.67 Å². The summed E-state index contributed by atoms with van der Waals surface area (Å²) in [5, 5.41) is 0. The van der Waals surface area contributed by atoms with Crippen molar-refractivity contribution in [2.75, 3.05) is 26.0 Å². The fraction of sp³-hybridized carbons (Fsp3) is 0.800. The topological polar surface area (TPSA) is 23.6 Å². The Hall–Kier alpha value is -0.140. The number of hydrogen-bond donors (Lipinski definition) is 0. The van der Waals surface area contributed by atoms with Crippen molar-refractivity contribution in [2.45, 2.75) is 0 Å². The molecule has 1 unspecified atom stereocenters. The van der Waals surface area contributed by atoms with Gasteiger partial charge in [-0.1, -0.05) is 0 Å². The fourth-order valence-corrected chi connectivity index (χ4v) is 1.20. The second-order valence-electron chi connectivity index (χ2n) is 2.14. The lowest BCUT2D eigenvalue weighted by Crippen LogP contribution is -2.22. The smallest absolute Gasteiger partial charge is 0.210 e. The zero-order valence-corrected chi connectivity index (χ0v) is 6.44. The number of amides is 1. The molecule has 0 aromatic carbocycles. The minimum Gasteiger partial charge on any atom is -0.331 e. The average Bonchev–Trinajstić information content (AvgIpc) is 2.34. The van der Waals surface area contributed by atoms with E-state index in [4.69, 9.17) is 0 Å². The van der Waals surface area contributed by atoms with Gasteiger partial charge in [0.2, 0.25) is 6.41 Å². The summed E-state index contributed by atoms with van der Waals surface area (Å²) in [6.07, 6.45) is 1.87. The average molecular weight is 146 g/mol. The molecule has 1 aliphatic rings. The van der Waals surface area contributed by atoms with Crippen molar-refractivity contribution in [3.8, 4) is 0 Å². The number of carbonyl (C=O) groups excluding carboxylic acids is 1. The van der Waals surface area contributed by atoms with Gasteiger partial charge in [-0.3, -0.25) is 9.69 Å². The van der Waals surface area contributed by atoms with Crippen LogP contribution in [0.25, 0.3) is 0 Å². The van der Waals surface area contributed by atoms with Crippen LogP contribution < -0.4 is 0 Å². The Balaban J connectivity index is 2.28. The van der Waals surface area contributed by atoms with Crippen LogP contribution in [-0.2, 0) is 4.79 Å². The van der Waals surface area contributed by atoms with Gasteiger partial charge < -0.3 is 4.90 Å². The standard InChI is InChI=1S/C5H11N2OP/c8-4-6-1-2-7(3-6)5-9/h4H,1-3,5,9H2. The van der Waals surface area contributed by atoms with E-state index in [2.05, 4.69) is 14.1 Å². The van der Waals surface area contributed by atoms with Crippen molar-refractivity contribution in [3.63, 3.8) is 0 Å². The summed E-state index contributed by atoms with van der Waals surface area (Å²) >= 11 is 0. The summed E-state index contributed by atoms with van der Waals surface area (Å²) in [5.74, 6) is 0. The summed E-state index contributed by atoms with van der Waals surface area (Å²) in [6, 6.07) is 0. The molecule has 1 aliphatic heterocycles. The minimum atomic E-state index is 0.799. The van der Waals surface area contributed by atoms with Gasteiger partial charge in [-0.2, -0.15) is 0 Å². The molecule has 1 rings (SSSR count). The number of carbonyl (C=O) groups is 1. The van der Waals surface area contributed by atoms with Crippen molar-refractivity contribution >= 4 is 15.6 Å². The molecule has 4 heteroatoms. The van der Waals surface area contributed by atoms with Crippen LogP contribution in [0.1, 0.15) is 0 Å². The third-order valence-corrected chi connectivity index (χ3v) is 2.01. The molecule has 0 radical (unpaired) electrons. The second kappa shape index (κ2) is 3.14. The highest BCUT2D eigenvalue weighted by Crippen LogP contribution is 2.02. The molecule has 0 spiro atoms. The molecule has 9 heavy (non-hydrogen) atoms. The lowest BCUT2D eigenvalue weighted by molar-refractivity contribution is -0.117. The van der Waals surface area contributed by atoms with E-state index >= 15 is 0 Å². The van der Waals surface area contributed by atoms with E-state index in [1.165, 1.54) is 0 Å². The van der Waals surface area contributed by atoms with Gasteiger partial charge in [-0.05, 0) is 0 Å². The first-order chi connectivity index (χ1) is 4.36. The van der Waals surface area contributed by atoms with E-state index in [1.54, 1.807) is 4.90 Å². The maximum absolute atomic E-state index is 10.2. The molecule has 3 nitrogen and oxygen atoms in total. The molecule has 1 atom stereocenters. The minimum absolute atomic E-state index is 0.799. The lowest BCUT2D eigenvalue weighted by atomic mass is 10.6. The predicted molar refractivity (Wildman–Crippen MR) is 38.9 cm³/mol. The van der Waals surface area contributed by atoms with Gasteiger partial charge in [0.1, 0.15) is 0 Å². The molecule has 1 fully saturated rings. The Morgan fingerprint density at radius 3 is 2.67 bits per heavy atom. The first kappa shape index (κ1) is 6.97. The number of nitrogens with zero attached hydrogens (tertiary/aromatic N) is 2. The van der Waals surface area contributed by atoms with Crippen LogP contribution in [0.15, 0.2) is 0 Å². The molecule has 0 N–H and O–H groups in total. The Bertz CT molecular complexity index is 109. The van der Waals surface area contributed by atoms with Crippen molar-refractivity contribution in [1.82, 2.24) is 9.80 Å². The molecule has 1 saturated heterocycles. The Labute approximate surface area is 57.2 Å². The van der Waals surface area contributed by atoms with Gasteiger partial charge in [-0.25, -0.2) is 0 Å². The van der Waals surface area contributed by atoms with Gasteiger partial charge in [0, 0.05) is 19.4 Å². The summed E-state index contributed by atoms with van der Waals surface area (Å²) in [4.78, 5) is 14.1. The summed E-state index contributed by atoms with van der Waals surface area (Å²) in [5.41, 5.74) is 0. The highest BCUT2D eigenvalue weighted by molar-refractivity contribution is 7.16. The Morgan fingerprint density at radius 2 is 2.33 bits per heavy atom. The molecular formula is C5H11N2OP. The highest BCUT2D eigenvalue weighted by Gasteiger charge is 2.15. The van der Waals surface area contributed by atoms with Crippen LogP contribution >= 0.6 is 9.24 Å². The van der Waals surface area contributed by atoms with Crippen LogP contribution in [0.2, 0.25) is 0 Å². The van der Waals surface area contributed by atoms with Gasteiger partial charge in [0.15, 0.2) is 0 Å². The maximum Gasteiger partial charge on any atom is 0.210 e. The van der Waals surface area contributed by atoms with E-state index in [0.29, 0.717) is 0 Å². The van der Waals surface area contributed by atoms with Crippen molar-refractivity contribution in [2.24, 2.45) is 0 Å². The monoisotopic (exact) mass is 146 g/mol.